The zero-order valence-corrected chi connectivity index (χ0v) is 11.0. The molecular weight excluding hydrogens is 208 g/mol. The van der Waals surface area contributed by atoms with Crippen LogP contribution in [0.4, 0.5) is 0 Å². The van der Waals surface area contributed by atoms with Crippen LogP contribution >= 0.6 is 0 Å². The van der Waals surface area contributed by atoms with Gasteiger partial charge in [0.1, 0.15) is 0 Å². The van der Waals surface area contributed by atoms with E-state index in [0.29, 0.717) is 5.54 Å². The molecule has 2 aliphatic carbocycles. The summed E-state index contributed by atoms with van der Waals surface area (Å²) in [6, 6.07) is 0. The van der Waals surface area contributed by atoms with Crippen molar-refractivity contribution in [2.24, 2.45) is 5.41 Å². The Balaban J connectivity index is 1.40. The van der Waals surface area contributed by atoms with Gasteiger partial charge in [0.25, 0.3) is 0 Å². The molecule has 17 heavy (non-hydrogen) atoms. The van der Waals surface area contributed by atoms with E-state index in [0.717, 1.165) is 5.41 Å². The van der Waals surface area contributed by atoms with E-state index in [-0.39, 0.29) is 0 Å². The summed E-state index contributed by atoms with van der Waals surface area (Å²) in [5, 5.41) is 0. The molecule has 0 aromatic rings. The van der Waals surface area contributed by atoms with Crippen molar-refractivity contribution >= 4 is 0 Å². The molecule has 4 aliphatic rings. The topological polar surface area (TPSA) is 6.48 Å². The van der Waals surface area contributed by atoms with Gasteiger partial charge in [0.15, 0.2) is 0 Å². The molecule has 2 nitrogen and oxygen atoms in total. The average molecular weight is 232 g/mol. The standard InChI is InChI=1S/C15H24N2/c1-14-11-15(14,12-14)17-9-5-13(6-10-17)16-7-3-2-4-8-16/h5H,2-4,6-12H2,1H3. The Morgan fingerprint density at radius 1 is 1.06 bits per heavy atom. The van der Waals surface area contributed by atoms with Crippen LogP contribution in [0.2, 0.25) is 0 Å². The van der Waals surface area contributed by atoms with E-state index in [1.807, 2.05) is 0 Å². The van der Waals surface area contributed by atoms with E-state index < -0.39 is 0 Å². The zero-order valence-electron chi connectivity index (χ0n) is 11.0. The van der Waals surface area contributed by atoms with Crippen molar-refractivity contribution in [1.82, 2.24) is 9.80 Å². The third-order valence-electron chi connectivity index (χ3n) is 5.79. The fourth-order valence-electron chi connectivity index (χ4n) is 4.27. The zero-order chi connectivity index (χ0) is 11.5. The van der Waals surface area contributed by atoms with Crippen LogP contribution < -0.4 is 0 Å². The summed E-state index contributed by atoms with van der Waals surface area (Å²) < 4.78 is 0. The molecule has 2 saturated carbocycles. The Bertz CT molecular complexity index is 359. The third-order valence-corrected chi connectivity index (χ3v) is 5.79. The van der Waals surface area contributed by atoms with Crippen LogP contribution in [0.5, 0.6) is 0 Å². The van der Waals surface area contributed by atoms with Crippen LogP contribution in [0.15, 0.2) is 11.8 Å². The van der Waals surface area contributed by atoms with Gasteiger partial charge in [-0.3, -0.25) is 4.90 Å². The minimum atomic E-state index is 0.678. The number of hydrogen-bond donors (Lipinski definition) is 0. The number of piperidine rings is 1. The summed E-state index contributed by atoms with van der Waals surface area (Å²) >= 11 is 0. The summed E-state index contributed by atoms with van der Waals surface area (Å²) in [6.07, 6.45) is 11.0. The molecule has 2 heteroatoms. The molecule has 0 spiro atoms. The first-order valence-electron chi connectivity index (χ1n) is 7.43. The number of hydrogen-bond acceptors (Lipinski definition) is 2. The van der Waals surface area contributed by atoms with Gasteiger partial charge >= 0.3 is 0 Å². The lowest BCUT2D eigenvalue weighted by Crippen LogP contribution is -2.39. The Morgan fingerprint density at radius 2 is 1.76 bits per heavy atom. The average Bonchev–Trinajstić information content (AvgIpc) is 3.16. The summed E-state index contributed by atoms with van der Waals surface area (Å²) in [5.74, 6) is 0. The molecular formula is C15H24N2. The highest BCUT2D eigenvalue weighted by atomic mass is 15.3. The van der Waals surface area contributed by atoms with Crippen LogP contribution in [-0.4, -0.2) is 41.5 Å². The van der Waals surface area contributed by atoms with E-state index in [2.05, 4.69) is 22.8 Å². The molecule has 0 bridgehead atoms. The first kappa shape index (κ1) is 10.4. The molecule has 4 rings (SSSR count). The monoisotopic (exact) mass is 232 g/mol. The highest BCUT2D eigenvalue weighted by molar-refractivity contribution is 5.37. The van der Waals surface area contributed by atoms with Crippen molar-refractivity contribution in [2.45, 2.75) is 51.0 Å². The van der Waals surface area contributed by atoms with E-state index in [1.54, 1.807) is 5.70 Å². The van der Waals surface area contributed by atoms with Gasteiger partial charge in [-0.05, 0) is 43.9 Å². The fraction of sp³-hybridized carbons (Fsp3) is 0.867. The fourth-order valence-corrected chi connectivity index (χ4v) is 4.27. The van der Waals surface area contributed by atoms with Crippen molar-refractivity contribution in [3.8, 4) is 0 Å². The second-order valence-electron chi connectivity index (χ2n) is 6.88. The van der Waals surface area contributed by atoms with Crippen LogP contribution in [0.25, 0.3) is 0 Å². The molecule has 2 aliphatic heterocycles. The predicted octanol–water partition coefficient (Wildman–Crippen LogP) is 2.61. The number of nitrogens with zero attached hydrogens (tertiary/aromatic N) is 2. The molecule has 0 unspecified atom stereocenters. The van der Waals surface area contributed by atoms with E-state index in [4.69, 9.17) is 0 Å². The second kappa shape index (κ2) is 3.28. The SMILES string of the molecule is CC12CC1(N1CC=C(N3CCCCC3)CC1)C2. The van der Waals surface area contributed by atoms with Crippen molar-refractivity contribution in [3.63, 3.8) is 0 Å². The van der Waals surface area contributed by atoms with Gasteiger partial charge in [-0.15, -0.1) is 0 Å². The Kier molecular flexibility index (Phi) is 2.01. The Morgan fingerprint density at radius 3 is 2.29 bits per heavy atom. The minimum Gasteiger partial charge on any atom is -0.375 e. The molecule has 3 fully saturated rings. The molecule has 1 saturated heterocycles. The van der Waals surface area contributed by atoms with Gasteiger partial charge in [-0.25, -0.2) is 0 Å². The molecule has 0 aromatic carbocycles. The second-order valence-corrected chi connectivity index (χ2v) is 6.88. The van der Waals surface area contributed by atoms with Gasteiger partial charge in [-0.1, -0.05) is 13.0 Å². The lowest BCUT2D eigenvalue weighted by atomic mass is 10.1. The van der Waals surface area contributed by atoms with Crippen LogP contribution in [0.3, 0.4) is 0 Å². The van der Waals surface area contributed by atoms with E-state index in [9.17, 15) is 0 Å². The van der Waals surface area contributed by atoms with Gasteiger partial charge in [0.05, 0.1) is 0 Å². The highest BCUT2D eigenvalue weighted by Crippen LogP contribution is 2.81. The van der Waals surface area contributed by atoms with Crippen molar-refractivity contribution in [3.05, 3.63) is 11.8 Å². The molecule has 0 amide bonds. The Hall–Kier alpha value is -0.500. The van der Waals surface area contributed by atoms with E-state index in [1.165, 1.54) is 64.7 Å². The largest absolute Gasteiger partial charge is 0.375 e. The summed E-state index contributed by atoms with van der Waals surface area (Å²) in [4.78, 5) is 5.41. The number of rotatable bonds is 2. The Labute approximate surface area is 105 Å². The molecule has 0 aromatic heterocycles. The van der Waals surface area contributed by atoms with E-state index >= 15 is 0 Å². The summed E-state index contributed by atoms with van der Waals surface area (Å²) in [7, 11) is 0. The van der Waals surface area contributed by atoms with Crippen LogP contribution in [0, 0.1) is 5.41 Å². The van der Waals surface area contributed by atoms with Gasteiger partial charge < -0.3 is 4.90 Å². The maximum atomic E-state index is 2.76. The molecule has 0 atom stereocenters. The molecule has 0 N–H and O–H groups in total. The van der Waals surface area contributed by atoms with Crippen molar-refractivity contribution in [2.75, 3.05) is 26.2 Å². The van der Waals surface area contributed by atoms with Crippen LogP contribution in [0.1, 0.15) is 45.4 Å². The smallest absolute Gasteiger partial charge is 0.0279 e. The summed E-state index contributed by atoms with van der Waals surface area (Å²) in [6.45, 7) is 7.64. The molecule has 2 heterocycles. The normalized spacial score (nSPS) is 45.2. The van der Waals surface area contributed by atoms with Crippen LogP contribution in [-0.2, 0) is 0 Å². The summed E-state index contributed by atoms with van der Waals surface area (Å²) in [5.41, 5.74) is 3.07. The first-order valence-corrected chi connectivity index (χ1v) is 7.43. The number of fused-ring (bicyclic) bond motifs is 1. The van der Waals surface area contributed by atoms with Gasteiger partial charge in [0.2, 0.25) is 0 Å². The van der Waals surface area contributed by atoms with Crippen molar-refractivity contribution in [1.29, 1.82) is 0 Å². The number of likely N-dealkylation sites (tertiary alicyclic amines) is 1. The highest BCUT2D eigenvalue weighted by Gasteiger charge is 2.82. The first-order chi connectivity index (χ1) is 8.24. The quantitative estimate of drug-likeness (QED) is 0.722. The maximum Gasteiger partial charge on any atom is 0.0279 e. The van der Waals surface area contributed by atoms with Gasteiger partial charge in [-0.2, -0.15) is 0 Å². The van der Waals surface area contributed by atoms with Gasteiger partial charge in [0, 0.05) is 37.4 Å². The molecule has 0 radical (unpaired) electrons. The maximum absolute atomic E-state index is 2.76. The van der Waals surface area contributed by atoms with Crippen molar-refractivity contribution < 1.29 is 0 Å². The lowest BCUT2D eigenvalue weighted by molar-refractivity contribution is 0.203. The third kappa shape index (κ3) is 1.43. The minimum absolute atomic E-state index is 0.678. The molecule has 94 valence electrons. The lowest BCUT2D eigenvalue weighted by Gasteiger charge is -2.36. The predicted molar refractivity (Wildman–Crippen MR) is 69.8 cm³/mol.